The average Bonchev–Trinajstić information content (AvgIpc) is 2.31. The molecule has 1 atom stereocenters. The van der Waals surface area contributed by atoms with Crippen LogP contribution >= 0.6 is 23.2 Å². The number of hydrogen-bond donors (Lipinski definition) is 1. The fourth-order valence-electron chi connectivity index (χ4n) is 1.28. The zero-order valence-corrected chi connectivity index (χ0v) is 10.7. The van der Waals surface area contributed by atoms with Crippen LogP contribution in [0, 0.1) is 11.3 Å². The smallest absolute Gasteiger partial charge is 0.253 e. The second-order valence-electron chi connectivity index (χ2n) is 3.43. The summed E-state index contributed by atoms with van der Waals surface area (Å²) in [5.41, 5.74) is 0.225. The summed E-state index contributed by atoms with van der Waals surface area (Å²) < 4.78 is 0. The number of pyridine rings is 1. The summed E-state index contributed by atoms with van der Waals surface area (Å²) in [5.74, 6) is -0.417. The molecule has 1 rings (SSSR count). The summed E-state index contributed by atoms with van der Waals surface area (Å²) in [6.07, 6.45) is 2.71. The molecule has 1 amide bonds. The van der Waals surface area contributed by atoms with Crippen molar-refractivity contribution >= 4 is 29.1 Å². The molecule has 0 aliphatic heterocycles. The van der Waals surface area contributed by atoms with Crippen LogP contribution in [0.3, 0.4) is 0 Å². The molecule has 90 valence electrons. The Morgan fingerprint density at radius 2 is 2.35 bits per heavy atom. The number of rotatable bonds is 4. The number of nitriles is 1. The summed E-state index contributed by atoms with van der Waals surface area (Å²) in [4.78, 5) is 15.6. The van der Waals surface area contributed by atoms with Crippen molar-refractivity contribution in [1.82, 2.24) is 10.3 Å². The van der Waals surface area contributed by atoms with Gasteiger partial charge in [0, 0.05) is 6.20 Å². The first-order valence-electron chi connectivity index (χ1n) is 5.10. The van der Waals surface area contributed by atoms with Gasteiger partial charge in [0.05, 0.1) is 16.7 Å². The molecule has 0 saturated heterocycles. The van der Waals surface area contributed by atoms with Gasteiger partial charge in [-0.2, -0.15) is 5.26 Å². The molecular weight excluding hydrogens is 261 g/mol. The Kier molecular flexibility index (Phi) is 5.20. The van der Waals surface area contributed by atoms with E-state index >= 15 is 0 Å². The van der Waals surface area contributed by atoms with Crippen LogP contribution in [0.5, 0.6) is 0 Å². The molecule has 1 unspecified atom stereocenters. The molecule has 1 aromatic heterocycles. The Labute approximate surface area is 110 Å². The van der Waals surface area contributed by atoms with Crippen LogP contribution < -0.4 is 5.32 Å². The zero-order chi connectivity index (χ0) is 12.8. The van der Waals surface area contributed by atoms with Gasteiger partial charge < -0.3 is 5.32 Å². The van der Waals surface area contributed by atoms with Gasteiger partial charge in [0.25, 0.3) is 5.91 Å². The topological polar surface area (TPSA) is 65.8 Å². The molecule has 17 heavy (non-hydrogen) atoms. The fraction of sp³-hybridized carbons (Fsp3) is 0.364. The number of nitrogens with zero attached hydrogens (tertiary/aromatic N) is 2. The second-order valence-corrected chi connectivity index (χ2v) is 4.23. The lowest BCUT2D eigenvalue weighted by Gasteiger charge is -2.11. The lowest BCUT2D eigenvalue weighted by molar-refractivity contribution is 0.0944. The molecule has 1 aromatic rings. The minimum Gasteiger partial charge on any atom is -0.336 e. The number of carbonyl (C=O) groups is 1. The van der Waals surface area contributed by atoms with Gasteiger partial charge in [0.1, 0.15) is 11.2 Å². The van der Waals surface area contributed by atoms with Crippen LogP contribution in [0.2, 0.25) is 10.2 Å². The molecule has 6 heteroatoms. The Morgan fingerprint density at radius 1 is 1.65 bits per heavy atom. The highest BCUT2D eigenvalue weighted by molar-refractivity contribution is 6.35. The summed E-state index contributed by atoms with van der Waals surface area (Å²) in [6, 6.07) is 2.87. The van der Waals surface area contributed by atoms with Crippen LogP contribution in [0.1, 0.15) is 30.1 Å². The van der Waals surface area contributed by atoms with Crippen LogP contribution in [0.15, 0.2) is 12.3 Å². The van der Waals surface area contributed by atoms with Gasteiger partial charge in [-0.3, -0.25) is 4.79 Å². The number of carbonyl (C=O) groups excluding carboxylic acids is 1. The van der Waals surface area contributed by atoms with E-state index in [0.29, 0.717) is 6.42 Å². The van der Waals surface area contributed by atoms with E-state index in [9.17, 15) is 4.79 Å². The maximum atomic E-state index is 11.8. The summed E-state index contributed by atoms with van der Waals surface area (Å²) in [6.45, 7) is 1.94. The first-order chi connectivity index (χ1) is 8.08. The summed E-state index contributed by atoms with van der Waals surface area (Å²) >= 11 is 11.5. The van der Waals surface area contributed by atoms with Gasteiger partial charge in [0.15, 0.2) is 0 Å². The van der Waals surface area contributed by atoms with Crippen molar-refractivity contribution in [1.29, 1.82) is 5.26 Å². The molecule has 0 radical (unpaired) electrons. The molecule has 1 heterocycles. The van der Waals surface area contributed by atoms with Gasteiger partial charge in [-0.05, 0) is 12.5 Å². The third kappa shape index (κ3) is 3.88. The molecule has 1 N–H and O–H groups in total. The maximum Gasteiger partial charge on any atom is 0.253 e. The van der Waals surface area contributed by atoms with E-state index in [1.54, 1.807) is 0 Å². The number of hydrogen-bond acceptors (Lipinski definition) is 3. The average molecular weight is 272 g/mol. The number of halogens is 2. The molecule has 0 bridgehead atoms. The van der Waals surface area contributed by atoms with Gasteiger partial charge in [-0.25, -0.2) is 4.98 Å². The van der Waals surface area contributed by atoms with Crippen LogP contribution in [-0.2, 0) is 0 Å². The second kappa shape index (κ2) is 6.43. The van der Waals surface area contributed by atoms with Crippen molar-refractivity contribution in [2.45, 2.75) is 25.8 Å². The van der Waals surface area contributed by atoms with Gasteiger partial charge in [-0.1, -0.05) is 36.5 Å². The van der Waals surface area contributed by atoms with E-state index in [4.69, 9.17) is 28.5 Å². The highest BCUT2D eigenvalue weighted by atomic mass is 35.5. The lowest BCUT2D eigenvalue weighted by Crippen LogP contribution is -2.33. The Hall–Kier alpha value is -1.31. The van der Waals surface area contributed by atoms with Crippen molar-refractivity contribution in [2.75, 3.05) is 0 Å². The molecule has 0 aromatic carbocycles. The van der Waals surface area contributed by atoms with Gasteiger partial charge >= 0.3 is 0 Å². The van der Waals surface area contributed by atoms with Crippen molar-refractivity contribution in [3.05, 3.63) is 28.0 Å². The molecule has 0 spiro atoms. The third-order valence-corrected chi connectivity index (χ3v) is 2.61. The van der Waals surface area contributed by atoms with E-state index in [1.807, 2.05) is 13.0 Å². The van der Waals surface area contributed by atoms with Crippen molar-refractivity contribution in [3.8, 4) is 6.07 Å². The standard InChI is InChI=1S/C11H11Cl2N3O/c1-2-3-7(5-14)16-11(17)8-4-10(13)15-6-9(8)12/h4,6-7H,2-3H2,1H3,(H,16,17). The first kappa shape index (κ1) is 13.8. The summed E-state index contributed by atoms with van der Waals surface area (Å²) in [5, 5.41) is 11.8. The molecule has 0 aliphatic rings. The normalized spacial score (nSPS) is 11.6. The highest BCUT2D eigenvalue weighted by Crippen LogP contribution is 2.18. The third-order valence-electron chi connectivity index (χ3n) is 2.11. The largest absolute Gasteiger partial charge is 0.336 e. The Morgan fingerprint density at radius 3 is 2.94 bits per heavy atom. The van der Waals surface area contributed by atoms with Gasteiger partial charge in [-0.15, -0.1) is 0 Å². The van der Waals surface area contributed by atoms with Crippen LogP contribution in [0.4, 0.5) is 0 Å². The molecule has 4 nitrogen and oxygen atoms in total. The fourth-order valence-corrected chi connectivity index (χ4v) is 1.63. The highest BCUT2D eigenvalue weighted by Gasteiger charge is 2.15. The number of aromatic nitrogens is 1. The van der Waals surface area contributed by atoms with E-state index in [0.717, 1.165) is 6.42 Å². The van der Waals surface area contributed by atoms with Crippen LogP contribution in [0.25, 0.3) is 0 Å². The first-order valence-corrected chi connectivity index (χ1v) is 5.85. The van der Waals surface area contributed by atoms with Crippen molar-refractivity contribution < 1.29 is 4.79 Å². The lowest BCUT2D eigenvalue weighted by atomic mass is 10.1. The molecule has 0 aliphatic carbocycles. The molecule has 0 fully saturated rings. The van der Waals surface area contributed by atoms with Crippen molar-refractivity contribution in [2.24, 2.45) is 0 Å². The Balaban J connectivity index is 2.83. The Bertz CT molecular complexity index is 457. The monoisotopic (exact) mass is 271 g/mol. The number of amides is 1. The predicted octanol–water partition coefficient (Wildman–Crippen LogP) is 2.81. The molecular formula is C11H11Cl2N3O. The van der Waals surface area contributed by atoms with E-state index in [1.165, 1.54) is 12.3 Å². The zero-order valence-electron chi connectivity index (χ0n) is 9.20. The predicted molar refractivity (Wildman–Crippen MR) is 66.0 cm³/mol. The minimum absolute atomic E-state index is 0.184. The molecule has 0 saturated carbocycles. The maximum absolute atomic E-state index is 11.8. The van der Waals surface area contributed by atoms with Crippen molar-refractivity contribution in [3.63, 3.8) is 0 Å². The van der Waals surface area contributed by atoms with Gasteiger partial charge in [0.2, 0.25) is 0 Å². The SMILES string of the molecule is CCCC(C#N)NC(=O)c1cc(Cl)ncc1Cl. The minimum atomic E-state index is -0.518. The quantitative estimate of drug-likeness (QED) is 0.857. The summed E-state index contributed by atoms with van der Waals surface area (Å²) in [7, 11) is 0. The van der Waals surface area contributed by atoms with E-state index in [-0.39, 0.29) is 15.7 Å². The van der Waals surface area contributed by atoms with Crippen LogP contribution in [-0.4, -0.2) is 16.9 Å². The van der Waals surface area contributed by atoms with E-state index in [2.05, 4.69) is 10.3 Å². The van der Waals surface area contributed by atoms with E-state index < -0.39 is 11.9 Å². The number of nitrogens with one attached hydrogen (secondary N) is 1.